The van der Waals surface area contributed by atoms with Crippen molar-refractivity contribution in [1.29, 1.82) is 0 Å². The zero-order valence-electron chi connectivity index (χ0n) is 9.73. The Hall–Kier alpha value is -1.14. The van der Waals surface area contributed by atoms with Crippen molar-refractivity contribution in [2.24, 2.45) is 11.7 Å². The third-order valence-corrected chi connectivity index (χ3v) is 1.84. The van der Waals surface area contributed by atoms with Gasteiger partial charge in [0.05, 0.1) is 6.61 Å². The lowest BCUT2D eigenvalue weighted by molar-refractivity contribution is -0.143. The van der Waals surface area contributed by atoms with Crippen LogP contribution in [-0.4, -0.2) is 42.8 Å². The number of nitrogens with two attached hydrogens (primary N) is 1. The number of hydrogen-bond donors (Lipinski definition) is 3. The molecule has 94 valence electrons. The van der Waals surface area contributed by atoms with E-state index in [1.165, 1.54) is 0 Å². The Morgan fingerprint density at radius 3 is 2.50 bits per heavy atom. The summed E-state index contributed by atoms with van der Waals surface area (Å²) >= 11 is 0. The highest BCUT2D eigenvalue weighted by atomic mass is 16.5. The van der Waals surface area contributed by atoms with Gasteiger partial charge in [-0.25, -0.2) is 4.79 Å². The molecule has 0 radical (unpaired) electrons. The topological polar surface area (TPSA) is 102 Å². The predicted molar refractivity (Wildman–Crippen MR) is 58.9 cm³/mol. The third-order valence-electron chi connectivity index (χ3n) is 1.84. The van der Waals surface area contributed by atoms with Gasteiger partial charge in [-0.2, -0.15) is 0 Å². The standard InChI is InChI=1S/C10H20N2O4/c1-7(2)5-8(10(14)15)12-9(13)6-16-4-3-11/h7-8H,3-6,11H2,1-2H3,(H,12,13)(H,14,15)/t8-/m0/s1. The van der Waals surface area contributed by atoms with Gasteiger partial charge >= 0.3 is 5.97 Å². The fourth-order valence-corrected chi connectivity index (χ4v) is 1.18. The molecule has 0 aromatic carbocycles. The van der Waals surface area contributed by atoms with Gasteiger partial charge in [0.2, 0.25) is 5.91 Å². The Labute approximate surface area is 95.1 Å². The molecule has 0 unspecified atom stereocenters. The van der Waals surface area contributed by atoms with Gasteiger partial charge < -0.3 is 20.9 Å². The molecule has 6 nitrogen and oxygen atoms in total. The molecule has 0 aliphatic carbocycles. The first-order valence-electron chi connectivity index (χ1n) is 5.27. The Bertz CT molecular complexity index is 231. The summed E-state index contributed by atoms with van der Waals surface area (Å²) < 4.78 is 4.90. The molecule has 1 amide bonds. The van der Waals surface area contributed by atoms with Crippen molar-refractivity contribution in [2.45, 2.75) is 26.3 Å². The van der Waals surface area contributed by atoms with Crippen LogP contribution < -0.4 is 11.1 Å². The molecule has 0 saturated carbocycles. The Kier molecular flexibility index (Phi) is 7.49. The van der Waals surface area contributed by atoms with Gasteiger partial charge in [-0.05, 0) is 12.3 Å². The first-order valence-corrected chi connectivity index (χ1v) is 5.27. The van der Waals surface area contributed by atoms with Crippen LogP contribution in [0.2, 0.25) is 0 Å². The number of ether oxygens (including phenoxy) is 1. The number of hydrogen-bond acceptors (Lipinski definition) is 4. The van der Waals surface area contributed by atoms with Gasteiger partial charge in [0, 0.05) is 6.54 Å². The molecule has 0 rings (SSSR count). The van der Waals surface area contributed by atoms with Gasteiger partial charge in [0.1, 0.15) is 12.6 Å². The van der Waals surface area contributed by atoms with E-state index in [0.717, 1.165) is 0 Å². The van der Waals surface area contributed by atoms with E-state index in [1.807, 2.05) is 13.8 Å². The lowest BCUT2D eigenvalue weighted by Gasteiger charge is -2.16. The van der Waals surface area contributed by atoms with Crippen LogP contribution in [-0.2, 0) is 14.3 Å². The normalized spacial score (nSPS) is 12.5. The number of carboxylic acid groups (broad SMARTS) is 1. The van der Waals surface area contributed by atoms with Crippen molar-refractivity contribution >= 4 is 11.9 Å². The van der Waals surface area contributed by atoms with Crippen molar-refractivity contribution < 1.29 is 19.4 Å². The van der Waals surface area contributed by atoms with Gasteiger partial charge in [0.15, 0.2) is 0 Å². The summed E-state index contributed by atoms with van der Waals surface area (Å²) in [5, 5.41) is 11.3. The molecule has 0 bridgehead atoms. The van der Waals surface area contributed by atoms with Gasteiger partial charge in [-0.15, -0.1) is 0 Å². The minimum absolute atomic E-state index is 0.154. The third kappa shape index (κ3) is 7.19. The lowest BCUT2D eigenvalue weighted by atomic mass is 10.0. The highest BCUT2D eigenvalue weighted by Crippen LogP contribution is 2.04. The molecule has 0 aliphatic heterocycles. The number of rotatable bonds is 8. The van der Waals surface area contributed by atoms with E-state index < -0.39 is 17.9 Å². The van der Waals surface area contributed by atoms with Crippen LogP contribution in [0.5, 0.6) is 0 Å². The Morgan fingerprint density at radius 1 is 1.44 bits per heavy atom. The summed E-state index contributed by atoms with van der Waals surface area (Å²) in [6.07, 6.45) is 0.401. The first kappa shape index (κ1) is 14.9. The number of amides is 1. The fourth-order valence-electron chi connectivity index (χ4n) is 1.18. The molecule has 0 aliphatic rings. The quantitative estimate of drug-likeness (QED) is 0.493. The van der Waals surface area contributed by atoms with E-state index in [0.29, 0.717) is 13.0 Å². The minimum atomic E-state index is -1.03. The second kappa shape index (κ2) is 8.06. The van der Waals surface area contributed by atoms with Crippen LogP contribution in [0.1, 0.15) is 20.3 Å². The van der Waals surface area contributed by atoms with Crippen LogP contribution in [0.3, 0.4) is 0 Å². The van der Waals surface area contributed by atoms with Crippen LogP contribution in [0, 0.1) is 5.92 Å². The Balaban J connectivity index is 3.98. The van der Waals surface area contributed by atoms with Crippen LogP contribution in [0.15, 0.2) is 0 Å². The maximum Gasteiger partial charge on any atom is 0.326 e. The lowest BCUT2D eigenvalue weighted by Crippen LogP contribution is -2.43. The monoisotopic (exact) mass is 232 g/mol. The largest absolute Gasteiger partial charge is 0.480 e. The number of carbonyl (C=O) groups excluding carboxylic acids is 1. The van der Waals surface area contributed by atoms with Gasteiger partial charge in [0.25, 0.3) is 0 Å². The summed E-state index contributed by atoms with van der Waals surface area (Å²) in [6.45, 7) is 4.26. The van der Waals surface area contributed by atoms with E-state index in [1.54, 1.807) is 0 Å². The van der Waals surface area contributed by atoms with E-state index in [2.05, 4.69) is 5.32 Å². The number of carboxylic acids is 1. The molecule has 0 fully saturated rings. The molecule has 4 N–H and O–H groups in total. The second-order valence-electron chi connectivity index (χ2n) is 3.93. The highest BCUT2D eigenvalue weighted by Gasteiger charge is 2.20. The van der Waals surface area contributed by atoms with Crippen LogP contribution in [0.25, 0.3) is 0 Å². The summed E-state index contributed by atoms with van der Waals surface area (Å²) in [4.78, 5) is 22.1. The number of aliphatic carboxylic acids is 1. The van der Waals surface area contributed by atoms with E-state index in [9.17, 15) is 9.59 Å². The number of nitrogens with one attached hydrogen (secondary N) is 1. The van der Waals surface area contributed by atoms with Crippen LogP contribution >= 0.6 is 0 Å². The average molecular weight is 232 g/mol. The zero-order valence-corrected chi connectivity index (χ0v) is 9.73. The number of carbonyl (C=O) groups is 2. The van der Waals surface area contributed by atoms with E-state index in [4.69, 9.17) is 15.6 Å². The molecule has 0 aromatic rings. The van der Waals surface area contributed by atoms with E-state index in [-0.39, 0.29) is 19.1 Å². The van der Waals surface area contributed by atoms with Crippen LogP contribution in [0.4, 0.5) is 0 Å². The predicted octanol–water partition coefficient (Wildman–Crippen LogP) is -0.423. The summed E-state index contributed by atoms with van der Waals surface area (Å²) in [7, 11) is 0. The van der Waals surface area contributed by atoms with Crippen molar-refractivity contribution in [3.63, 3.8) is 0 Å². The molecule has 1 atom stereocenters. The fraction of sp³-hybridized carbons (Fsp3) is 0.800. The zero-order chi connectivity index (χ0) is 12.6. The summed E-state index contributed by atoms with van der Waals surface area (Å²) in [5.41, 5.74) is 5.18. The molecule has 0 heterocycles. The average Bonchev–Trinajstić information content (AvgIpc) is 2.16. The molecule has 0 aromatic heterocycles. The second-order valence-corrected chi connectivity index (χ2v) is 3.93. The summed E-state index contributed by atoms with van der Waals surface area (Å²) in [6, 6.07) is -0.853. The van der Waals surface area contributed by atoms with Gasteiger partial charge in [-0.3, -0.25) is 4.79 Å². The SMILES string of the molecule is CC(C)C[C@H](NC(=O)COCCN)C(=O)O. The summed E-state index contributed by atoms with van der Waals surface area (Å²) in [5.74, 6) is -1.26. The molecule has 0 spiro atoms. The molecular formula is C10H20N2O4. The van der Waals surface area contributed by atoms with Crippen molar-refractivity contribution in [3.8, 4) is 0 Å². The first-order chi connectivity index (χ1) is 7.47. The Morgan fingerprint density at radius 2 is 2.06 bits per heavy atom. The van der Waals surface area contributed by atoms with Crippen molar-refractivity contribution in [2.75, 3.05) is 19.8 Å². The highest BCUT2D eigenvalue weighted by molar-refractivity contribution is 5.84. The minimum Gasteiger partial charge on any atom is -0.480 e. The van der Waals surface area contributed by atoms with Crippen molar-refractivity contribution in [1.82, 2.24) is 5.32 Å². The molecule has 16 heavy (non-hydrogen) atoms. The molecular weight excluding hydrogens is 212 g/mol. The maximum atomic E-state index is 11.3. The molecule has 6 heteroatoms. The van der Waals surface area contributed by atoms with Crippen molar-refractivity contribution in [3.05, 3.63) is 0 Å². The smallest absolute Gasteiger partial charge is 0.326 e. The van der Waals surface area contributed by atoms with E-state index >= 15 is 0 Å². The van der Waals surface area contributed by atoms with Gasteiger partial charge in [-0.1, -0.05) is 13.8 Å². The maximum absolute atomic E-state index is 11.3. The molecule has 0 saturated heterocycles.